The lowest BCUT2D eigenvalue weighted by molar-refractivity contribution is -0.0213. The fourth-order valence-electron chi connectivity index (χ4n) is 2.93. The molecule has 2 aliphatic rings. The average Bonchev–Trinajstić information content (AvgIpc) is 2.47. The van der Waals surface area contributed by atoms with E-state index < -0.39 is 5.60 Å². The quantitative estimate of drug-likeness (QED) is 0.708. The van der Waals surface area contributed by atoms with Gasteiger partial charge >= 0.3 is 6.09 Å². The van der Waals surface area contributed by atoms with E-state index in [1.807, 2.05) is 25.7 Å². The van der Waals surface area contributed by atoms with Crippen LogP contribution in [-0.2, 0) is 9.47 Å². The molecule has 0 aliphatic carbocycles. The number of fused-ring (bicyclic) bond motifs is 2. The van der Waals surface area contributed by atoms with Crippen molar-refractivity contribution >= 4 is 6.09 Å². The molecular weight excluding hydrogens is 218 g/mol. The smallest absolute Gasteiger partial charge is 0.410 e. The van der Waals surface area contributed by atoms with Crippen LogP contribution in [0.1, 0.15) is 46.5 Å². The van der Waals surface area contributed by atoms with Crippen LogP contribution in [0, 0.1) is 0 Å². The second-order valence-electron chi connectivity index (χ2n) is 6.10. The molecule has 4 nitrogen and oxygen atoms in total. The largest absolute Gasteiger partial charge is 0.444 e. The molecule has 0 aromatic heterocycles. The first kappa shape index (κ1) is 12.7. The van der Waals surface area contributed by atoms with Crippen LogP contribution in [-0.4, -0.2) is 41.9 Å². The van der Waals surface area contributed by atoms with Crippen LogP contribution in [0.25, 0.3) is 0 Å². The molecule has 0 spiro atoms. The topological polar surface area (TPSA) is 38.8 Å². The van der Waals surface area contributed by atoms with Gasteiger partial charge in [0.15, 0.2) is 0 Å². The zero-order valence-corrected chi connectivity index (χ0v) is 11.2. The standard InChI is InChI=1S/C13H23NO3/c1-13(2,3)17-12(15)14-9-5-6-10(14)8-11(7-9)16-4/h9-11H,5-8H2,1-4H3/t9-,10+,11-. The zero-order valence-electron chi connectivity index (χ0n) is 11.2. The number of rotatable bonds is 1. The Balaban J connectivity index is 2.01. The van der Waals surface area contributed by atoms with Crippen LogP contribution in [0.2, 0.25) is 0 Å². The summed E-state index contributed by atoms with van der Waals surface area (Å²) in [5.74, 6) is 0. The highest BCUT2D eigenvalue weighted by Crippen LogP contribution is 2.37. The summed E-state index contributed by atoms with van der Waals surface area (Å²) < 4.78 is 10.9. The van der Waals surface area contributed by atoms with Gasteiger partial charge in [-0.1, -0.05) is 0 Å². The summed E-state index contributed by atoms with van der Waals surface area (Å²) in [6, 6.07) is 0.627. The van der Waals surface area contributed by atoms with Crippen molar-refractivity contribution in [3.05, 3.63) is 0 Å². The maximum absolute atomic E-state index is 12.1. The molecule has 2 heterocycles. The summed E-state index contributed by atoms with van der Waals surface area (Å²) in [6.45, 7) is 5.73. The zero-order chi connectivity index (χ0) is 12.6. The van der Waals surface area contributed by atoms with E-state index in [0.717, 1.165) is 25.7 Å². The lowest BCUT2D eigenvalue weighted by Crippen LogP contribution is -2.50. The Morgan fingerprint density at radius 2 is 1.71 bits per heavy atom. The first-order valence-electron chi connectivity index (χ1n) is 6.45. The van der Waals surface area contributed by atoms with Crippen molar-refractivity contribution in [3.8, 4) is 0 Å². The van der Waals surface area contributed by atoms with Crippen LogP contribution >= 0.6 is 0 Å². The lowest BCUT2D eigenvalue weighted by atomic mass is 10.0. The average molecular weight is 241 g/mol. The highest BCUT2D eigenvalue weighted by atomic mass is 16.6. The Bertz CT molecular complexity index is 284. The van der Waals surface area contributed by atoms with Gasteiger partial charge in [0.1, 0.15) is 5.60 Å². The number of hydrogen-bond acceptors (Lipinski definition) is 3. The van der Waals surface area contributed by atoms with E-state index in [4.69, 9.17) is 9.47 Å². The van der Waals surface area contributed by atoms with E-state index in [1.165, 1.54) is 0 Å². The third-order valence-corrected chi connectivity index (χ3v) is 3.63. The minimum Gasteiger partial charge on any atom is -0.444 e. The predicted octanol–water partition coefficient (Wildman–Crippen LogP) is 2.56. The van der Waals surface area contributed by atoms with E-state index in [-0.39, 0.29) is 6.09 Å². The summed E-state index contributed by atoms with van der Waals surface area (Å²) in [5, 5.41) is 0. The summed E-state index contributed by atoms with van der Waals surface area (Å²) in [7, 11) is 1.76. The van der Waals surface area contributed by atoms with Crippen molar-refractivity contribution in [2.75, 3.05) is 7.11 Å². The van der Waals surface area contributed by atoms with Gasteiger partial charge in [0, 0.05) is 19.2 Å². The molecule has 0 radical (unpaired) electrons. The number of carbonyl (C=O) groups excluding carboxylic acids is 1. The Hall–Kier alpha value is -0.770. The van der Waals surface area contributed by atoms with Crippen molar-refractivity contribution in [2.24, 2.45) is 0 Å². The van der Waals surface area contributed by atoms with Gasteiger partial charge in [0.25, 0.3) is 0 Å². The van der Waals surface area contributed by atoms with Gasteiger partial charge in [0.2, 0.25) is 0 Å². The fraction of sp³-hybridized carbons (Fsp3) is 0.923. The molecule has 2 saturated heterocycles. The molecule has 0 saturated carbocycles. The van der Waals surface area contributed by atoms with E-state index >= 15 is 0 Å². The molecule has 2 fully saturated rings. The van der Waals surface area contributed by atoms with Gasteiger partial charge in [0.05, 0.1) is 6.10 Å². The molecule has 0 aromatic rings. The minimum absolute atomic E-state index is 0.153. The number of piperidine rings is 1. The number of nitrogens with zero attached hydrogens (tertiary/aromatic N) is 1. The van der Waals surface area contributed by atoms with Crippen molar-refractivity contribution in [1.29, 1.82) is 0 Å². The fourth-order valence-corrected chi connectivity index (χ4v) is 2.93. The van der Waals surface area contributed by atoms with Crippen molar-refractivity contribution in [2.45, 2.75) is 70.2 Å². The molecule has 2 aliphatic heterocycles. The summed E-state index contributed by atoms with van der Waals surface area (Å²) in [5.41, 5.74) is -0.408. The number of methoxy groups -OCH3 is 1. The van der Waals surface area contributed by atoms with E-state index in [2.05, 4.69) is 0 Å². The maximum Gasteiger partial charge on any atom is 0.410 e. The van der Waals surface area contributed by atoms with Gasteiger partial charge < -0.3 is 14.4 Å². The highest BCUT2D eigenvalue weighted by molar-refractivity contribution is 5.69. The monoisotopic (exact) mass is 241 g/mol. The van der Waals surface area contributed by atoms with Crippen LogP contribution in [0.3, 0.4) is 0 Å². The molecule has 0 N–H and O–H groups in total. The number of ether oxygens (including phenoxy) is 2. The minimum atomic E-state index is -0.408. The summed E-state index contributed by atoms with van der Waals surface area (Å²) in [4.78, 5) is 14.1. The third-order valence-electron chi connectivity index (χ3n) is 3.63. The van der Waals surface area contributed by atoms with Crippen LogP contribution in [0.15, 0.2) is 0 Å². The van der Waals surface area contributed by atoms with E-state index in [9.17, 15) is 4.79 Å². The molecule has 1 amide bonds. The number of hydrogen-bond donors (Lipinski definition) is 0. The molecule has 4 heteroatoms. The lowest BCUT2D eigenvalue weighted by Gasteiger charge is -2.38. The second-order valence-corrected chi connectivity index (χ2v) is 6.10. The van der Waals surface area contributed by atoms with Crippen molar-refractivity contribution in [1.82, 2.24) is 4.90 Å². The Morgan fingerprint density at radius 3 is 2.12 bits per heavy atom. The molecule has 2 bridgehead atoms. The Morgan fingerprint density at radius 1 is 1.18 bits per heavy atom. The predicted molar refractivity (Wildman–Crippen MR) is 64.9 cm³/mol. The Kier molecular flexibility index (Phi) is 3.34. The highest BCUT2D eigenvalue weighted by Gasteiger charge is 2.44. The van der Waals surface area contributed by atoms with Gasteiger partial charge in [-0.25, -0.2) is 4.79 Å². The van der Waals surface area contributed by atoms with Crippen LogP contribution < -0.4 is 0 Å². The molecule has 98 valence electrons. The SMILES string of the molecule is CO[C@@H]1C[C@H]2CC[C@@H](C1)N2C(=O)OC(C)(C)C. The third kappa shape index (κ3) is 2.73. The van der Waals surface area contributed by atoms with Gasteiger partial charge in [-0.05, 0) is 46.5 Å². The normalized spacial score (nSPS) is 32.7. The van der Waals surface area contributed by atoms with E-state index in [1.54, 1.807) is 7.11 Å². The van der Waals surface area contributed by atoms with Crippen molar-refractivity contribution < 1.29 is 14.3 Å². The molecule has 0 aromatic carbocycles. The molecular formula is C13H23NO3. The molecule has 17 heavy (non-hydrogen) atoms. The van der Waals surface area contributed by atoms with Gasteiger partial charge in [-0.3, -0.25) is 0 Å². The van der Waals surface area contributed by atoms with Crippen LogP contribution in [0.4, 0.5) is 4.79 Å². The summed E-state index contributed by atoms with van der Waals surface area (Å²) >= 11 is 0. The first-order valence-corrected chi connectivity index (χ1v) is 6.45. The van der Waals surface area contributed by atoms with Gasteiger partial charge in [-0.2, -0.15) is 0 Å². The first-order chi connectivity index (χ1) is 7.90. The summed E-state index contributed by atoms with van der Waals surface area (Å²) in [6.07, 6.45) is 4.23. The van der Waals surface area contributed by atoms with E-state index in [0.29, 0.717) is 18.2 Å². The molecule has 2 rings (SSSR count). The number of amides is 1. The van der Waals surface area contributed by atoms with Crippen LogP contribution in [0.5, 0.6) is 0 Å². The maximum atomic E-state index is 12.1. The van der Waals surface area contributed by atoms with Gasteiger partial charge in [-0.15, -0.1) is 0 Å². The second kappa shape index (κ2) is 4.48. The molecule has 3 atom stereocenters. The molecule has 0 unspecified atom stereocenters. The number of carbonyl (C=O) groups is 1. The Labute approximate surface area is 103 Å². The van der Waals surface area contributed by atoms with Crippen molar-refractivity contribution in [3.63, 3.8) is 0 Å².